The zero-order chi connectivity index (χ0) is 11.7. The molecule has 0 aliphatic carbocycles. The van der Waals surface area contributed by atoms with E-state index in [0.29, 0.717) is 12.8 Å². The lowest BCUT2D eigenvalue weighted by molar-refractivity contribution is 0.0957. The van der Waals surface area contributed by atoms with Crippen LogP contribution >= 0.6 is 0 Å². The van der Waals surface area contributed by atoms with Gasteiger partial charge in [0, 0.05) is 17.9 Å². The molecule has 0 aliphatic heterocycles. The van der Waals surface area contributed by atoms with Crippen LogP contribution in [0.2, 0.25) is 0 Å². The molecule has 0 bridgehead atoms. The topological polar surface area (TPSA) is 30.2 Å². The van der Waals surface area contributed by atoms with Gasteiger partial charge in [-0.25, -0.2) is 8.78 Å². The first kappa shape index (κ1) is 10.8. The summed E-state index contributed by atoms with van der Waals surface area (Å²) in [6, 6.07) is 3.25. The summed E-state index contributed by atoms with van der Waals surface area (Å²) >= 11 is 0. The number of halogens is 2. The van der Waals surface area contributed by atoms with Crippen molar-refractivity contribution in [2.24, 2.45) is 0 Å². The van der Waals surface area contributed by atoms with Crippen molar-refractivity contribution in [1.29, 1.82) is 0 Å². The van der Waals surface area contributed by atoms with E-state index in [1.165, 1.54) is 6.07 Å². The Morgan fingerprint density at radius 2 is 2.06 bits per heavy atom. The number of fused-ring (bicyclic) bond motifs is 1. The van der Waals surface area contributed by atoms with Gasteiger partial charge in [0.2, 0.25) is 0 Å². The number of ketones is 1. The third-order valence-corrected chi connectivity index (χ3v) is 2.29. The molecular formula is C12H10F2O2. The van der Waals surface area contributed by atoms with Gasteiger partial charge in [-0.1, -0.05) is 6.92 Å². The van der Waals surface area contributed by atoms with Crippen molar-refractivity contribution in [1.82, 2.24) is 0 Å². The van der Waals surface area contributed by atoms with E-state index in [9.17, 15) is 13.6 Å². The minimum absolute atomic E-state index is 0.0687. The average molecular weight is 224 g/mol. The molecule has 1 aromatic heterocycles. The SMILES string of the molecule is CCCC(=O)c1cc2cc(F)cc(F)c2o1. The summed E-state index contributed by atoms with van der Waals surface area (Å²) in [6.07, 6.45) is 1.02. The first-order valence-corrected chi connectivity index (χ1v) is 5.03. The van der Waals surface area contributed by atoms with E-state index in [1.807, 2.05) is 6.92 Å². The molecule has 0 radical (unpaired) electrons. The van der Waals surface area contributed by atoms with Gasteiger partial charge in [0.05, 0.1) is 0 Å². The van der Waals surface area contributed by atoms with Crippen molar-refractivity contribution in [3.05, 3.63) is 35.6 Å². The highest BCUT2D eigenvalue weighted by atomic mass is 19.1. The lowest BCUT2D eigenvalue weighted by Gasteiger charge is -1.92. The number of hydrogen-bond acceptors (Lipinski definition) is 2. The highest BCUT2D eigenvalue weighted by molar-refractivity contribution is 5.97. The number of carbonyl (C=O) groups excluding carboxylic acids is 1. The van der Waals surface area contributed by atoms with E-state index in [-0.39, 0.29) is 22.5 Å². The maximum Gasteiger partial charge on any atom is 0.198 e. The normalized spacial score (nSPS) is 10.9. The Morgan fingerprint density at radius 1 is 1.31 bits per heavy atom. The summed E-state index contributed by atoms with van der Waals surface area (Å²) in [5.74, 6) is -1.58. The Kier molecular flexibility index (Phi) is 2.73. The Bertz CT molecular complexity index is 543. The highest BCUT2D eigenvalue weighted by Crippen LogP contribution is 2.24. The van der Waals surface area contributed by atoms with E-state index in [0.717, 1.165) is 12.1 Å². The lowest BCUT2D eigenvalue weighted by atomic mass is 10.2. The highest BCUT2D eigenvalue weighted by Gasteiger charge is 2.14. The molecule has 0 saturated carbocycles. The van der Waals surface area contributed by atoms with Crippen molar-refractivity contribution in [3.63, 3.8) is 0 Å². The molecule has 16 heavy (non-hydrogen) atoms. The monoisotopic (exact) mass is 224 g/mol. The summed E-state index contributed by atoms with van der Waals surface area (Å²) in [4.78, 5) is 11.5. The van der Waals surface area contributed by atoms with Crippen molar-refractivity contribution in [3.8, 4) is 0 Å². The van der Waals surface area contributed by atoms with Gasteiger partial charge in [0.15, 0.2) is 22.9 Å². The molecule has 4 heteroatoms. The fourth-order valence-corrected chi connectivity index (χ4v) is 1.56. The van der Waals surface area contributed by atoms with Crippen LogP contribution in [0, 0.1) is 11.6 Å². The zero-order valence-electron chi connectivity index (χ0n) is 8.72. The summed E-state index contributed by atoms with van der Waals surface area (Å²) in [6.45, 7) is 1.86. The Morgan fingerprint density at radius 3 is 2.75 bits per heavy atom. The largest absolute Gasteiger partial charge is 0.450 e. The second-order valence-electron chi connectivity index (χ2n) is 3.59. The molecule has 2 rings (SSSR count). The maximum absolute atomic E-state index is 13.3. The van der Waals surface area contributed by atoms with Crippen LogP contribution < -0.4 is 0 Å². The Labute approximate surface area is 90.9 Å². The average Bonchev–Trinajstić information content (AvgIpc) is 2.62. The van der Waals surface area contributed by atoms with Crippen LogP contribution in [0.5, 0.6) is 0 Å². The van der Waals surface area contributed by atoms with Crippen LogP contribution in [-0.2, 0) is 0 Å². The number of hydrogen-bond donors (Lipinski definition) is 0. The number of carbonyl (C=O) groups is 1. The molecule has 0 fully saturated rings. The third kappa shape index (κ3) is 1.83. The van der Waals surface area contributed by atoms with Gasteiger partial charge < -0.3 is 4.42 Å². The quantitative estimate of drug-likeness (QED) is 0.744. The molecule has 84 valence electrons. The number of benzene rings is 1. The van der Waals surface area contributed by atoms with Crippen molar-refractivity contribution in [2.75, 3.05) is 0 Å². The number of Topliss-reactive ketones (excluding diaryl/α,β-unsaturated/α-hetero) is 1. The molecule has 1 heterocycles. The third-order valence-electron chi connectivity index (χ3n) is 2.29. The maximum atomic E-state index is 13.3. The van der Waals surface area contributed by atoms with Crippen LogP contribution in [0.4, 0.5) is 8.78 Å². The zero-order valence-corrected chi connectivity index (χ0v) is 8.72. The first-order chi connectivity index (χ1) is 7.61. The molecule has 0 unspecified atom stereocenters. The summed E-state index contributed by atoms with van der Waals surface area (Å²) in [5.41, 5.74) is -0.0687. The molecule has 0 saturated heterocycles. The first-order valence-electron chi connectivity index (χ1n) is 5.03. The molecule has 0 spiro atoms. The van der Waals surface area contributed by atoms with Gasteiger partial charge in [-0.3, -0.25) is 4.79 Å². The Balaban J connectivity index is 2.51. The summed E-state index contributed by atoms with van der Waals surface area (Å²) < 4.78 is 31.2. The van der Waals surface area contributed by atoms with Crippen molar-refractivity contribution >= 4 is 16.8 Å². The van der Waals surface area contributed by atoms with Crippen LogP contribution in [0.1, 0.15) is 30.3 Å². The van der Waals surface area contributed by atoms with E-state index >= 15 is 0 Å². The van der Waals surface area contributed by atoms with Gasteiger partial charge in [-0.05, 0) is 18.6 Å². The van der Waals surface area contributed by atoms with E-state index in [1.54, 1.807) is 0 Å². The van der Waals surface area contributed by atoms with Gasteiger partial charge >= 0.3 is 0 Å². The van der Waals surface area contributed by atoms with Crippen molar-refractivity contribution in [2.45, 2.75) is 19.8 Å². The smallest absolute Gasteiger partial charge is 0.198 e. The summed E-state index contributed by atoms with van der Waals surface area (Å²) in [5, 5.41) is 0.275. The predicted octanol–water partition coefficient (Wildman–Crippen LogP) is 3.69. The molecule has 0 atom stereocenters. The van der Waals surface area contributed by atoms with E-state index in [4.69, 9.17) is 4.42 Å². The summed E-state index contributed by atoms with van der Waals surface area (Å²) in [7, 11) is 0. The molecular weight excluding hydrogens is 214 g/mol. The van der Waals surface area contributed by atoms with Crippen molar-refractivity contribution < 1.29 is 18.0 Å². The predicted molar refractivity (Wildman–Crippen MR) is 55.4 cm³/mol. The van der Waals surface area contributed by atoms with Gasteiger partial charge in [-0.2, -0.15) is 0 Å². The fourth-order valence-electron chi connectivity index (χ4n) is 1.56. The van der Waals surface area contributed by atoms with Crippen LogP contribution in [0.3, 0.4) is 0 Å². The lowest BCUT2D eigenvalue weighted by Crippen LogP contribution is -1.94. The van der Waals surface area contributed by atoms with Crippen LogP contribution in [-0.4, -0.2) is 5.78 Å². The molecule has 0 N–H and O–H groups in total. The number of rotatable bonds is 3. The molecule has 2 aromatic rings. The molecule has 2 nitrogen and oxygen atoms in total. The molecule has 0 amide bonds. The van der Waals surface area contributed by atoms with Crippen LogP contribution in [0.25, 0.3) is 11.0 Å². The minimum Gasteiger partial charge on any atom is -0.450 e. The van der Waals surface area contributed by atoms with E-state index < -0.39 is 11.6 Å². The van der Waals surface area contributed by atoms with Crippen LogP contribution in [0.15, 0.2) is 22.6 Å². The van der Waals surface area contributed by atoms with E-state index in [2.05, 4.69) is 0 Å². The minimum atomic E-state index is -0.787. The standard InChI is InChI=1S/C12H10F2O2/c1-2-3-10(15)11-5-7-4-8(13)6-9(14)12(7)16-11/h4-6H,2-3H2,1H3. The second-order valence-corrected chi connectivity index (χ2v) is 3.59. The molecule has 0 aliphatic rings. The second kappa shape index (κ2) is 4.04. The number of furan rings is 1. The van der Waals surface area contributed by atoms with Gasteiger partial charge in [0.1, 0.15) is 5.82 Å². The fraction of sp³-hybridized carbons (Fsp3) is 0.250. The molecule has 1 aromatic carbocycles. The van der Waals surface area contributed by atoms with Gasteiger partial charge in [0.25, 0.3) is 0 Å². The Hall–Kier alpha value is -1.71. The van der Waals surface area contributed by atoms with Gasteiger partial charge in [-0.15, -0.1) is 0 Å².